The van der Waals surface area contributed by atoms with Gasteiger partial charge >= 0.3 is 0 Å². The first kappa shape index (κ1) is 15.2. The molecule has 0 spiro atoms. The molecule has 0 bridgehead atoms. The Morgan fingerprint density at radius 1 is 0.947 bits per heavy atom. The quantitative estimate of drug-likeness (QED) is 0.441. The largest absolute Gasteiger partial charge is 0.378 e. The molecule has 1 nitrogen and oxygen atoms in total. The number of halogens is 4. The van der Waals surface area contributed by atoms with Crippen molar-refractivity contribution in [2.75, 3.05) is 5.32 Å². The Morgan fingerprint density at radius 2 is 1.58 bits per heavy atom. The van der Waals surface area contributed by atoms with E-state index < -0.39 is 0 Å². The third-order valence-corrected chi connectivity index (χ3v) is 4.79. The van der Waals surface area contributed by atoms with Crippen molar-refractivity contribution in [2.24, 2.45) is 0 Å². The average Bonchev–Trinajstić information content (AvgIpc) is 2.39. The highest BCUT2D eigenvalue weighted by Crippen LogP contribution is 2.36. The summed E-state index contributed by atoms with van der Waals surface area (Å²) in [4.78, 5) is 0. The minimum atomic E-state index is 0.0438. The minimum absolute atomic E-state index is 0.0438. The molecule has 19 heavy (non-hydrogen) atoms. The number of nitrogens with one attached hydrogen (secondary N) is 1. The van der Waals surface area contributed by atoms with Crippen LogP contribution in [0, 0.1) is 3.57 Å². The smallest absolute Gasteiger partial charge is 0.0782 e. The third-order valence-electron chi connectivity index (χ3n) is 2.76. The second-order valence-electron chi connectivity index (χ2n) is 4.14. The third kappa shape index (κ3) is 3.69. The van der Waals surface area contributed by atoms with E-state index >= 15 is 0 Å². The Labute approximate surface area is 141 Å². The van der Waals surface area contributed by atoms with E-state index in [1.807, 2.05) is 37.3 Å². The molecule has 0 saturated carbocycles. The molecule has 0 aliphatic heterocycles. The van der Waals surface area contributed by atoms with Crippen LogP contribution in [0.25, 0.3) is 0 Å². The van der Waals surface area contributed by atoms with Crippen molar-refractivity contribution < 1.29 is 0 Å². The van der Waals surface area contributed by atoms with Gasteiger partial charge in [-0.25, -0.2) is 0 Å². The first-order chi connectivity index (χ1) is 8.99. The molecular formula is C14H11Cl3IN. The highest BCUT2D eigenvalue weighted by molar-refractivity contribution is 14.1. The standard InChI is InChI=1S/C14H11Cl3IN/c1-8(19-10-4-2-9(18)3-5-10)11-6-7-12(15)14(17)13(11)16/h2-8,19H,1H3. The molecule has 0 aliphatic rings. The zero-order valence-electron chi connectivity index (χ0n) is 10.1. The molecule has 0 saturated heterocycles. The van der Waals surface area contributed by atoms with Gasteiger partial charge in [-0.2, -0.15) is 0 Å². The van der Waals surface area contributed by atoms with Gasteiger partial charge < -0.3 is 5.32 Å². The maximum Gasteiger partial charge on any atom is 0.0782 e. The van der Waals surface area contributed by atoms with Crippen LogP contribution in [0.5, 0.6) is 0 Å². The Balaban J connectivity index is 2.23. The molecular weight excluding hydrogens is 415 g/mol. The second kappa shape index (κ2) is 6.53. The molecule has 1 atom stereocenters. The number of rotatable bonds is 3. The van der Waals surface area contributed by atoms with Crippen LogP contribution in [0.4, 0.5) is 5.69 Å². The molecule has 0 amide bonds. The molecule has 0 heterocycles. The van der Waals surface area contributed by atoms with Gasteiger partial charge in [0.05, 0.1) is 21.1 Å². The van der Waals surface area contributed by atoms with Gasteiger partial charge in [-0.15, -0.1) is 0 Å². The number of benzene rings is 2. The van der Waals surface area contributed by atoms with Gasteiger partial charge in [-0.3, -0.25) is 0 Å². The van der Waals surface area contributed by atoms with E-state index in [1.165, 1.54) is 3.57 Å². The van der Waals surface area contributed by atoms with Gasteiger partial charge in [0.25, 0.3) is 0 Å². The molecule has 1 N–H and O–H groups in total. The Kier molecular flexibility index (Phi) is 5.23. The SMILES string of the molecule is CC(Nc1ccc(I)cc1)c1ccc(Cl)c(Cl)c1Cl. The maximum absolute atomic E-state index is 6.23. The molecule has 100 valence electrons. The van der Waals surface area contributed by atoms with E-state index in [2.05, 4.69) is 27.9 Å². The van der Waals surface area contributed by atoms with Crippen molar-refractivity contribution in [3.63, 3.8) is 0 Å². The molecule has 5 heteroatoms. The fraction of sp³-hybridized carbons (Fsp3) is 0.143. The van der Waals surface area contributed by atoms with Gasteiger partial charge in [0, 0.05) is 9.26 Å². The van der Waals surface area contributed by atoms with Gasteiger partial charge in [0.15, 0.2) is 0 Å². The van der Waals surface area contributed by atoms with Crippen LogP contribution in [0.1, 0.15) is 18.5 Å². The van der Waals surface area contributed by atoms with Crippen molar-refractivity contribution in [1.82, 2.24) is 0 Å². The Hall–Kier alpha value is -0.160. The average molecular weight is 427 g/mol. The Morgan fingerprint density at radius 3 is 2.21 bits per heavy atom. The first-order valence-corrected chi connectivity index (χ1v) is 7.86. The lowest BCUT2D eigenvalue weighted by Gasteiger charge is -2.18. The van der Waals surface area contributed by atoms with Crippen LogP contribution in [-0.2, 0) is 0 Å². The Bertz CT molecular complexity index is 584. The van der Waals surface area contributed by atoms with E-state index in [0.717, 1.165) is 11.3 Å². The van der Waals surface area contributed by atoms with Crippen LogP contribution in [0.2, 0.25) is 15.1 Å². The van der Waals surface area contributed by atoms with Crippen LogP contribution < -0.4 is 5.32 Å². The van der Waals surface area contributed by atoms with E-state index in [-0.39, 0.29) is 6.04 Å². The topological polar surface area (TPSA) is 12.0 Å². The summed E-state index contributed by atoms with van der Waals surface area (Å²) in [6, 6.07) is 11.9. The van der Waals surface area contributed by atoms with E-state index in [4.69, 9.17) is 34.8 Å². The summed E-state index contributed by atoms with van der Waals surface area (Å²) in [5, 5.41) is 4.75. The normalized spacial score (nSPS) is 12.3. The molecule has 0 aliphatic carbocycles. The fourth-order valence-corrected chi connectivity index (χ4v) is 2.82. The zero-order chi connectivity index (χ0) is 14.0. The van der Waals surface area contributed by atoms with Gasteiger partial charge in [-0.05, 0) is 65.4 Å². The van der Waals surface area contributed by atoms with Gasteiger partial charge in [0.2, 0.25) is 0 Å². The van der Waals surface area contributed by atoms with Crippen LogP contribution in [0.15, 0.2) is 36.4 Å². The fourth-order valence-electron chi connectivity index (χ4n) is 1.75. The summed E-state index contributed by atoms with van der Waals surface area (Å²) >= 11 is 20.5. The highest BCUT2D eigenvalue weighted by atomic mass is 127. The van der Waals surface area contributed by atoms with Crippen molar-refractivity contribution >= 4 is 63.1 Å². The lowest BCUT2D eigenvalue weighted by atomic mass is 10.1. The second-order valence-corrected chi connectivity index (χ2v) is 6.55. The van der Waals surface area contributed by atoms with Gasteiger partial charge in [-0.1, -0.05) is 40.9 Å². The molecule has 2 rings (SSSR count). The van der Waals surface area contributed by atoms with Crippen LogP contribution in [0.3, 0.4) is 0 Å². The monoisotopic (exact) mass is 425 g/mol. The first-order valence-electron chi connectivity index (χ1n) is 5.64. The lowest BCUT2D eigenvalue weighted by molar-refractivity contribution is 0.885. The molecule has 0 aromatic heterocycles. The summed E-state index contributed by atoms with van der Waals surface area (Å²) in [7, 11) is 0. The van der Waals surface area contributed by atoms with E-state index in [1.54, 1.807) is 6.07 Å². The number of hydrogen-bond acceptors (Lipinski definition) is 1. The number of anilines is 1. The molecule has 0 radical (unpaired) electrons. The summed E-state index contributed by atoms with van der Waals surface area (Å²) in [5.41, 5.74) is 1.96. The summed E-state index contributed by atoms with van der Waals surface area (Å²) in [5.74, 6) is 0. The molecule has 1 unspecified atom stereocenters. The zero-order valence-corrected chi connectivity index (χ0v) is 14.5. The van der Waals surface area contributed by atoms with E-state index in [9.17, 15) is 0 Å². The van der Waals surface area contributed by atoms with Crippen LogP contribution >= 0.6 is 57.4 Å². The predicted molar refractivity (Wildman–Crippen MR) is 92.7 cm³/mol. The molecule has 0 fully saturated rings. The van der Waals surface area contributed by atoms with Crippen molar-refractivity contribution in [2.45, 2.75) is 13.0 Å². The molecule has 2 aromatic rings. The summed E-state index contributed by atoms with van der Waals surface area (Å²) in [6.07, 6.45) is 0. The van der Waals surface area contributed by atoms with Crippen LogP contribution in [-0.4, -0.2) is 0 Å². The van der Waals surface area contributed by atoms with Crippen molar-refractivity contribution in [1.29, 1.82) is 0 Å². The maximum atomic E-state index is 6.23. The highest BCUT2D eigenvalue weighted by Gasteiger charge is 2.14. The predicted octanol–water partition coefficient (Wildman–Crippen LogP) is 6.42. The number of hydrogen-bond donors (Lipinski definition) is 1. The summed E-state index contributed by atoms with van der Waals surface area (Å²) in [6.45, 7) is 2.03. The van der Waals surface area contributed by atoms with Crippen molar-refractivity contribution in [3.8, 4) is 0 Å². The van der Waals surface area contributed by atoms with Crippen molar-refractivity contribution in [3.05, 3.63) is 60.6 Å². The minimum Gasteiger partial charge on any atom is -0.378 e. The molecule has 2 aromatic carbocycles. The van der Waals surface area contributed by atoms with Gasteiger partial charge in [0.1, 0.15) is 0 Å². The lowest BCUT2D eigenvalue weighted by Crippen LogP contribution is -2.07. The summed E-state index contributed by atoms with van der Waals surface area (Å²) < 4.78 is 1.20. The van der Waals surface area contributed by atoms with E-state index in [0.29, 0.717) is 15.1 Å².